The summed E-state index contributed by atoms with van der Waals surface area (Å²) < 4.78 is 16.0. The van der Waals surface area contributed by atoms with Crippen LogP contribution < -0.4 is 19.5 Å². The summed E-state index contributed by atoms with van der Waals surface area (Å²) in [6.07, 6.45) is 1.26. The zero-order valence-electron chi connectivity index (χ0n) is 15.1. The maximum Gasteiger partial charge on any atom is 0.268 e. The molecule has 2 heterocycles. The molecule has 0 spiro atoms. The van der Waals surface area contributed by atoms with Crippen molar-refractivity contribution < 1.29 is 19.0 Å². The molecule has 0 radical (unpaired) electrons. The van der Waals surface area contributed by atoms with Gasteiger partial charge in [0.2, 0.25) is 11.8 Å². The number of nitrogens with one attached hydrogen (secondary N) is 1. The van der Waals surface area contributed by atoms with Crippen molar-refractivity contribution in [3.8, 4) is 17.5 Å². The minimum absolute atomic E-state index is 0.107. The minimum atomic E-state index is -0.468. The molecule has 1 N–H and O–H groups in total. The van der Waals surface area contributed by atoms with E-state index in [4.69, 9.17) is 14.2 Å². The smallest absolute Gasteiger partial charge is 0.268 e. The molecule has 9 heteroatoms. The third-order valence-corrected chi connectivity index (χ3v) is 4.44. The van der Waals surface area contributed by atoms with E-state index in [0.29, 0.717) is 17.4 Å². The standard InChI is InChI=1S/C18H18N4O4S/c1-11-6-4-5-7-13(11)26-8-12-9-27-18(21-12)22-15(23)14-16(24-2)19-10-20-17(14)25-3/h4-7,9-10H,8H2,1-3H3,(H,21,22,23). The van der Waals surface area contributed by atoms with Crippen LogP contribution in [0.1, 0.15) is 21.6 Å². The van der Waals surface area contributed by atoms with Gasteiger partial charge < -0.3 is 14.2 Å². The molecule has 8 nitrogen and oxygen atoms in total. The van der Waals surface area contributed by atoms with Crippen molar-refractivity contribution in [2.24, 2.45) is 0 Å². The van der Waals surface area contributed by atoms with Gasteiger partial charge in [0.25, 0.3) is 5.91 Å². The molecule has 0 saturated carbocycles. The van der Waals surface area contributed by atoms with Crippen molar-refractivity contribution in [1.29, 1.82) is 0 Å². The summed E-state index contributed by atoms with van der Waals surface area (Å²) in [6.45, 7) is 2.28. The zero-order valence-corrected chi connectivity index (χ0v) is 15.9. The number of nitrogens with zero attached hydrogens (tertiary/aromatic N) is 3. The number of para-hydroxylation sites is 1. The molecule has 1 aromatic carbocycles. The van der Waals surface area contributed by atoms with E-state index in [2.05, 4.69) is 20.3 Å². The van der Waals surface area contributed by atoms with Crippen molar-refractivity contribution in [3.05, 3.63) is 52.8 Å². The van der Waals surface area contributed by atoms with Crippen molar-refractivity contribution in [2.75, 3.05) is 19.5 Å². The Labute approximate surface area is 160 Å². The number of hydrogen-bond donors (Lipinski definition) is 1. The van der Waals surface area contributed by atoms with E-state index in [1.54, 1.807) is 0 Å². The van der Waals surface area contributed by atoms with Crippen molar-refractivity contribution in [3.63, 3.8) is 0 Å². The van der Waals surface area contributed by atoms with Crippen LogP contribution in [-0.4, -0.2) is 35.1 Å². The highest BCUT2D eigenvalue weighted by molar-refractivity contribution is 7.14. The molecule has 0 fully saturated rings. The van der Waals surface area contributed by atoms with Gasteiger partial charge in [-0.05, 0) is 18.6 Å². The number of carbonyl (C=O) groups excluding carboxylic acids is 1. The van der Waals surface area contributed by atoms with Crippen molar-refractivity contribution in [1.82, 2.24) is 15.0 Å². The fraction of sp³-hybridized carbons (Fsp3) is 0.222. The van der Waals surface area contributed by atoms with Gasteiger partial charge in [-0.25, -0.2) is 15.0 Å². The molecular formula is C18H18N4O4S. The molecule has 0 atom stereocenters. The monoisotopic (exact) mass is 386 g/mol. The highest BCUT2D eigenvalue weighted by Gasteiger charge is 2.22. The van der Waals surface area contributed by atoms with Crippen LogP contribution >= 0.6 is 11.3 Å². The van der Waals surface area contributed by atoms with Crippen molar-refractivity contribution in [2.45, 2.75) is 13.5 Å². The van der Waals surface area contributed by atoms with Crippen LogP contribution in [0.3, 0.4) is 0 Å². The third kappa shape index (κ3) is 4.32. The minimum Gasteiger partial charge on any atom is -0.487 e. The predicted octanol–water partition coefficient (Wildman–Crippen LogP) is 3.09. The first-order valence-electron chi connectivity index (χ1n) is 7.99. The number of rotatable bonds is 7. The molecular weight excluding hydrogens is 368 g/mol. The van der Waals surface area contributed by atoms with Gasteiger partial charge in [0.05, 0.1) is 19.9 Å². The predicted molar refractivity (Wildman–Crippen MR) is 101 cm³/mol. The van der Waals surface area contributed by atoms with Crippen LogP contribution in [0.5, 0.6) is 17.5 Å². The summed E-state index contributed by atoms with van der Waals surface area (Å²) in [6, 6.07) is 7.75. The molecule has 140 valence electrons. The number of hydrogen-bond acceptors (Lipinski definition) is 8. The molecule has 27 heavy (non-hydrogen) atoms. The first-order chi connectivity index (χ1) is 13.1. The maximum atomic E-state index is 12.6. The highest BCUT2D eigenvalue weighted by atomic mass is 32.1. The van der Waals surface area contributed by atoms with Crippen molar-refractivity contribution >= 4 is 22.4 Å². The Kier molecular flexibility index (Phi) is 5.82. The summed E-state index contributed by atoms with van der Waals surface area (Å²) in [5.41, 5.74) is 1.86. The van der Waals surface area contributed by atoms with Crippen LogP contribution in [0.25, 0.3) is 0 Å². The Morgan fingerprint density at radius 3 is 2.52 bits per heavy atom. The quantitative estimate of drug-likeness (QED) is 0.666. The Bertz CT molecular complexity index is 922. The second-order valence-electron chi connectivity index (χ2n) is 5.42. The Morgan fingerprint density at radius 1 is 1.15 bits per heavy atom. The third-order valence-electron chi connectivity index (χ3n) is 3.63. The number of aromatic nitrogens is 3. The van der Waals surface area contributed by atoms with Gasteiger partial charge in [-0.3, -0.25) is 10.1 Å². The SMILES string of the molecule is COc1ncnc(OC)c1C(=O)Nc1nc(COc2ccccc2C)cs1. The van der Waals surface area contributed by atoms with Gasteiger partial charge in [-0.2, -0.15) is 0 Å². The van der Waals surface area contributed by atoms with E-state index in [0.717, 1.165) is 11.3 Å². The molecule has 3 aromatic rings. The molecule has 0 aliphatic heterocycles. The van der Waals surface area contributed by atoms with E-state index in [1.807, 2.05) is 36.6 Å². The second kappa shape index (κ2) is 8.45. The summed E-state index contributed by atoms with van der Waals surface area (Å²) >= 11 is 1.29. The van der Waals surface area contributed by atoms with Gasteiger partial charge in [0.1, 0.15) is 18.7 Å². The highest BCUT2D eigenvalue weighted by Crippen LogP contribution is 2.26. The largest absolute Gasteiger partial charge is 0.487 e. The zero-order chi connectivity index (χ0) is 19.2. The molecule has 0 bridgehead atoms. The van der Waals surface area contributed by atoms with Crippen LogP contribution in [0, 0.1) is 6.92 Å². The molecule has 2 aromatic heterocycles. The fourth-order valence-electron chi connectivity index (χ4n) is 2.32. The van der Waals surface area contributed by atoms with Gasteiger partial charge in [-0.1, -0.05) is 18.2 Å². The summed E-state index contributed by atoms with van der Waals surface area (Å²) in [5.74, 6) is 0.579. The fourth-order valence-corrected chi connectivity index (χ4v) is 3.01. The van der Waals surface area contributed by atoms with E-state index in [9.17, 15) is 4.79 Å². The Hall–Kier alpha value is -3.20. The van der Waals surface area contributed by atoms with E-state index < -0.39 is 5.91 Å². The Balaban J connectivity index is 1.69. The lowest BCUT2D eigenvalue weighted by atomic mass is 10.2. The first kappa shape index (κ1) is 18.6. The number of methoxy groups -OCH3 is 2. The number of ether oxygens (including phenoxy) is 3. The molecule has 0 aliphatic rings. The summed E-state index contributed by atoms with van der Waals surface area (Å²) in [5, 5.41) is 4.96. The maximum absolute atomic E-state index is 12.6. The topological polar surface area (TPSA) is 95.5 Å². The molecule has 0 aliphatic carbocycles. The lowest BCUT2D eigenvalue weighted by molar-refractivity contribution is 0.101. The summed E-state index contributed by atoms with van der Waals surface area (Å²) in [4.78, 5) is 24.8. The average molecular weight is 386 g/mol. The number of carbonyl (C=O) groups is 1. The van der Waals surface area contributed by atoms with Gasteiger partial charge in [-0.15, -0.1) is 11.3 Å². The van der Waals surface area contributed by atoms with Crippen LogP contribution in [-0.2, 0) is 6.61 Å². The number of aryl methyl sites for hydroxylation is 1. The molecule has 0 saturated heterocycles. The number of benzene rings is 1. The molecule has 3 rings (SSSR count). The number of amides is 1. The lowest BCUT2D eigenvalue weighted by Gasteiger charge is -2.09. The van der Waals surface area contributed by atoms with Crippen LogP contribution in [0.15, 0.2) is 36.0 Å². The molecule has 0 unspecified atom stereocenters. The number of anilines is 1. The normalized spacial score (nSPS) is 10.3. The van der Waals surface area contributed by atoms with Gasteiger partial charge in [0.15, 0.2) is 10.7 Å². The summed E-state index contributed by atoms with van der Waals surface area (Å²) in [7, 11) is 2.84. The average Bonchev–Trinajstić information content (AvgIpc) is 3.13. The van der Waals surface area contributed by atoms with Gasteiger partial charge >= 0.3 is 0 Å². The Morgan fingerprint density at radius 2 is 1.85 bits per heavy atom. The van der Waals surface area contributed by atoms with Gasteiger partial charge in [0, 0.05) is 5.38 Å². The van der Waals surface area contributed by atoms with Crippen LogP contribution in [0.4, 0.5) is 5.13 Å². The first-order valence-corrected chi connectivity index (χ1v) is 8.87. The van der Waals surface area contributed by atoms with E-state index in [-0.39, 0.29) is 17.3 Å². The second-order valence-corrected chi connectivity index (χ2v) is 6.28. The molecule has 1 amide bonds. The van der Waals surface area contributed by atoms with E-state index >= 15 is 0 Å². The van der Waals surface area contributed by atoms with E-state index in [1.165, 1.54) is 31.9 Å². The number of thiazole rings is 1. The van der Waals surface area contributed by atoms with Crippen LogP contribution in [0.2, 0.25) is 0 Å². The lowest BCUT2D eigenvalue weighted by Crippen LogP contribution is -2.16.